The first-order valence-electron chi connectivity index (χ1n) is 6.72. The number of carboxylic acid groups (broad SMARTS) is 1. The van der Waals surface area contributed by atoms with Gasteiger partial charge in [0.05, 0.1) is 11.3 Å². The smallest absolute Gasteiger partial charge is 0.311 e. The van der Waals surface area contributed by atoms with E-state index in [1.54, 1.807) is 11.8 Å². The van der Waals surface area contributed by atoms with Crippen LogP contribution < -0.4 is 5.73 Å². The minimum Gasteiger partial charge on any atom is -0.481 e. The number of aliphatic carboxylic acids is 1. The van der Waals surface area contributed by atoms with Crippen LogP contribution in [-0.2, 0) is 9.59 Å². The van der Waals surface area contributed by atoms with Crippen molar-refractivity contribution in [2.24, 2.45) is 17.1 Å². The Morgan fingerprint density at radius 3 is 2.56 bits per heavy atom. The lowest BCUT2D eigenvalue weighted by Crippen LogP contribution is -2.45. The number of hydrogen-bond donors (Lipinski definition) is 2. The summed E-state index contributed by atoms with van der Waals surface area (Å²) in [4.78, 5) is 25.2. The molecule has 18 heavy (non-hydrogen) atoms. The van der Waals surface area contributed by atoms with Crippen molar-refractivity contribution in [2.75, 3.05) is 13.1 Å². The number of carbonyl (C=O) groups excluding carboxylic acids is 1. The van der Waals surface area contributed by atoms with Crippen molar-refractivity contribution in [1.82, 2.24) is 4.90 Å². The van der Waals surface area contributed by atoms with E-state index in [-0.39, 0.29) is 17.9 Å². The van der Waals surface area contributed by atoms with Crippen molar-refractivity contribution < 1.29 is 14.7 Å². The van der Waals surface area contributed by atoms with Crippen molar-refractivity contribution in [1.29, 1.82) is 0 Å². The summed E-state index contributed by atoms with van der Waals surface area (Å²) < 4.78 is 0. The van der Waals surface area contributed by atoms with Crippen molar-refractivity contribution in [3.8, 4) is 0 Å². The van der Waals surface area contributed by atoms with Crippen LogP contribution in [0, 0.1) is 11.3 Å². The third kappa shape index (κ3) is 2.36. The van der Waals surface area contributed by atoms with Gasteiger partial charge in [0.25, 0.3) is 0 Å². The van der Waals surface area contributed by atoms with E-state index in [1.165, 1.54) is 0 Å². The van der Waals surface area contributed by atoms with Crippen LogP contribution in [0.5, 0.6) is 0 Å². The van der Waals surface area contributed by atoms with E-state index >= 15 is 0 Å². The average molecular weight is 254 g/mol. The molecule has 1 saturated carbocycles. The number of carbonyl (C=O) groups is 2. The van der Waals surface area contributed by atoms with Crippen LogP contribution >= 0.6 is 0 Å². The number of amides is 1. The van der Waals surface area contributed by atoms with Crippen molar-refractivity contribution in [3.05, 3.63) is 0 Å². The van der Waals surface area contributed by atoms with Crippen LogP contribution in [0.2, 0.25) is 0 Å². The normalized spacial score (nSPS) is 36.7. The Bertz CT molecular complexity index is 358. The minimum atomic E-state index is -0.814. The fourth-order valence-electron chi connectivity index (χ4n) is 3.02. The monoisotopic (exact) mass is 254 g/mol. The van der Waals surface area contributed by atoms with E-state index in [4.69, 9.17) is 5.73 Å². The van der Waals surface area contributed by atoms with E-state index < -0.39 is 11.4 Å². The van der Waals surface area contributed by atoms with Gasteiger partial charge >= 0.3 is 5.97 Å². The average Bonchev–Trinajstić information content (AvgIpc) is 2.73. The van der Waals surface area contributed by atoms with E-state index in [1.807, 2.05) is 0 Å². The molecule has 5 heteroatoms. The lowest BCUT2D eigenvalue weighted by atomic mass is 9.84. The standard InChI is InChI=1S/C13H22N2O3/c1-13(12(17)18)6-7-15(8-13)11(16)9-4-2-3-5-10(9)14/h9-10H,2-8,14H2,1H3,(H,17,18). The zero-order valence-electron chi connectivity index (χ0n) is 10.9. The molecular formula is C13H22N2O3. The molecule has 1 amide bonds. The summed E-state index contributed by atoms with van der Waals surface area (Å²) >= 11 is 0. The van der Waals surface area contributed by atoms with E-state index in [0.29, 0.717) is 19.5 Å². The van der Waals surface area contributed by atoms with Gasteiger partial charge < -0.3 is 15.7 Å². The highest BCUT2D eigenvalue weighted by Crippen LogP contribution is 2.33. The summed E-state index contributed by atoms with van der Waals surface area (Å²) in [5, 5.41) is 9.17. The Hall–Kier alpha value is -1.10. The quantitative estimate of drug-likeness (QED) is 0.764. The predicted octanol–water partition coefficient (Wildman–Crippen LogP) is 0.827. The maximum absolute atomic E-state index is 12.4. The Labute approximate surface area is 107 Å². The van der Waals surface area contributed by atoms with Crippen LogP contribution in [0.3, 0.4) is 0 Å². The van der Waals surface area contributed by atoms with Crippen LogP contribution in [0.25, 0.3) is 0 Å². The number of likely N-dealkylation sites (tertiary alicyclic amines) is 1. The van der Waals surface area contributed by atoms with Crippen LogP contribution in [-0.4, -0.2) is 41.0 Å². The topological polar surface area (TPSA) is 83.6 Å². The first-order chi connectivity index (χ1) is 8.44. The van der Waals surface area contributed by atoms with E-state index in [0.717, 1.165) is 25.7 Å². The zero-order chi connectivity index (χ0) is 13.3. The first-order valence-corrected chi connectivity index (χ1v) is 6.72. The van der Waals surface area contributed by atoms with Gasteiger partial charge in [-0.1, -0.05) is 12.8 Å². The molecule has 1 aliphatic heterocycles. The maximum atomic E-state index is 12.4. The largest absolute Gasteiger partial charge is 0.481 e. The molecular weight excluding hydrogens is 232 g/mol. The van der Waals surface area contributed by atoms with Gasteiger partial charge in [-0.3, -0.25) is 9.59 Å². The van der Waals surface area contributed by atoms with Crippen molar-refractivity contribution in [3.63, 3.8) is 0 Å². The van der Waals surface area contributed by atoms with E-state index in [2.05, 4.69) is 0 Å². The Morgan fingerprint density at radius 1 is 1.33 bits per heavy atom. The number of rotatable bonds is 2. The fourth-order valence-corrected chi connectivity index (χ4v) is 3.02. The number of nitrogens with two attached hydrogens (primary N) is 1. The number of carboxylic acids is 1. The van der Waals surface area contributed by atoms with Crippen molar-refractivity contribution >= 4 is 11.9 Å². The highest BCUT2D eigenvalue weighted by molar-refractivity contribution is 5.82. The molecule has 1 heterocycles. The maximum Gasteiger partial charge on any atom is 0.311 e. The SMILES string of the molecule is CC1(C(=O)O)CCN(C(=O)C2CCCCC2N)C1. The molecule has 0 aromatic carbocycles. The first kappa shape index (κ1) is 13.3. The summed E-state index contributed by atoms with van der Waals surface area (Å²) in [7, 11) is 0. The second-order valence-corrected chi connectivity index (χ2v) is 5.93. The molecule has 0 bridgehead atoms. The van der Waals surface area contributed by atoms with Gasteiger partial charge in [-0.15, -0.1) is 0 Å². The van der Waals surface area contributed by atoms with Gasteiger partial charge in [0.1, 0.15) is 0 Å². The second-order valence-electron chi connectivity index (χ2n) is 5.93. The predicted molar refractivity (Wildman–Crippen MR) is 66.9 cm³/mol. The molecule has 2 aliphatic rings. The second kappa shape index (κ2) is 4.88. The number of hydrogen-bond acceptors (Lipinski definition) is 3. The van der Waals surface area contributed by atoms with Gasteiger partial charge in [-0.2, -0.15) is 0 Å². The molecule has 3 atom stereocenters. The molecule has 0 spiro atoms. The molecule has 2 rings (SSSR count). The molecule has 102 valence electrons. The highest BCUT2D eigenvalue weighted by Gasteiger charge is 2.44. The highest BCUT2D eigenvalue weighted by atomic mass is 16.4. The summed E-state index contributed by atoms with van der Waals surface area (Å²) in [6.45, 7) is 2.58. The zero-order valence-corrected chi connectivity index (χ0v) is 10.9. The molecule has 1 saturated heterocycles. The summed E-state index contributed by atoms with van der Waals surface area (Å²) in [5.41, 5.74) is 5.23. The Balaban J connectivity index is 2.01. The van der Waals surface area contributed by atoms with Crippen LogP contribution in [0.15, 0.2) is 0 Å². The van der Waals surface area contributed by atoms with Gasteiger partial charge in [0, 0.05) is 19.1 Å². The molecule has 2 fully saturated rings. The van der Waals surface area contributed by atoms with Gasteiger partial charge in [0.2, 0.25) is 5.91 Å². The Kier molecular flexibility index (Phi) is 3.61. The molecule has 5 nitrogen and oxygen atoms in total. The Morgan fingerprint density at radius 2 is 2.00 bits per heavy atom. The minimum absolute atomic E-state index is 0.0528. The summed E-state index contributed by atoms with van der Waals surface area (Å²) in [6.07, 6.45) is 4.43. The van der Waals surface area contributed by atoms with Gasteiger partial charge in [0.15, 0.2) is 0 Å². The van der Waals surface area contributed by atoms with Gasteiger partial charge in [-0.05, 0) is 26.2 Å². The van der Waals surface area contributed by atoms with Gasteiger partial charge in [-0.25, -0.2) is 0 Å². The molecule has 0 radical (unpaired) electrons. The summed E-state index contributed by atoms with van der Waals surface area (Å²) in [5.74, 6) is -0.854. The third-order valence-corrected chi connectivity index (χ3v) is 4.44. The molecule has 3 unspecified atom stereocenters. The molecule has 0 aromatic heterocycles. The lowest BCUT2D eigenvalue weighted by Gasteiger charge is -2.31. The fraction of sp³-hybridized carbons (Fsp3) is 0.846. The van der Waals surface area contributed by atoms with Crippen LogP contribution in [0.4, 0.5) is 0 Å². The molecule has 3 N–H and O–H groups in total. The molecule has 0 aromatic rings. The van der Waals surface area contributed by atoms with Crippen molar-refractivity contribution in [2.45, 2.75) is 45.1 Å². The van der Waals surface area contributed by atoms with E-state index in [9.17, 15) is 14.7 Å². The third-order valence-electron chi connectivity index (χ3n) is 4.44. The summed E-state index contributed by atoms with van der Waals surface area (Å²) in [6, 6.07) is -0.0528. The number of nitrogens with zero attached hydrogens (tertiary/aromatic N) is 1. The molecule has 1 aliphatic carbocycles. The van der Waals surface area contributed by atoms with Crippen LogP contribution in [0.1, 0.15) is 39.0 Å². The lowest BCUT2D eigenvalue weighted by molar-refractivity contribution is -0.147.